The highest BCUT2D eigenvalue weighted by atomic mass is 32.1. The van der Waals surface area contributed by atoms with Crippen LogP contribution in [-0.4, -0.2) is 23.0 Å². The highest BCUT2D eigenvalue weighted by molar-refractivity contribution is 7.09. The Balaban J connectivity index is 1.66. The maximum atomic E-state index is 12.1. The second-order valence-corrected chi connectivity index (χ2v) is 5.94. The maximum Gasteiger partial charge on any atom is 0.271 e. The Bertz CT molecular complexity index is 825. The number of ether oxygens (including phenoxy) is 1. The van der Waals surface area contributed by atoms with Crippen LogP contribution in [0.4, 0.5) is 0 Å². The Morgan fingerprint density at radius 2 is 2.26 bits per heavy atom. The number of hydrogen-bond acceptors (Lipinski definition) is 6. The molecule has 3 aromatic rings. The normalized spacial score (nSPS) is 10.9. The van der Waals surface area contributed by atoms with Gasteiger partial charge in [-0.25, -0.2) is 9.97 Å². The molecule has 0 saturated heterocycles. The topological polar surface area (TPSA) is 77.2 Å². The lowest BCUT2D eigenvalue weighted by Gasteiger charge is -1.98. The van der Waals surface area contributed by atoms with E-state index in [-0.39, 0.29) is 12.5 Å². The third-order valence-electron chi connectivity index (χ3n) is 3.29. The molecule has 1 N–H and O–H groups in total. The van der Waals surface area contributed by atoms with Crippen molar-refractivity contribution < 1.29 is 13.9 Å². The van der Waals surface area contributed by atoms with E-state index in [1.165, 1.54) is 11.3 Å². The van der Waals surface area contributed by atoms with Crippen molar-refractivity contribution in [2.75, 3.05) is 7.11 Å². The van der Waals surface area contributed by atoms with E-state index in [4.69, 9.17) is 9.15 Å². The summed E-state index contributed by atoms with van der Waals surface area (Å²) < 4.78 is 10.7. The molecule has 0 atom stereocenters. The van der Waals surface area contributed by atoms with Gasteiger partial charge in [0.15, 0.2) is 5.58 Å². The van der Waals surface area contributed by atoms with Crippen molar-refractivity contribution in [2.45, 2.75) is 26.3 Å². The number of nitrogens with one attached hydrogen (secondary N) is 1. The van der Waals surface area contributed by atoms with Crippen molar-refractivity contribution >= 4 is 28.3 Å². The molecule has 0 unspecified atom stereocenters. The summed E-state index contributed by atoms with van der Waals surface area (Å²) in [6.45, 7) is 2.31. The summed E-state index contributed by atoms with van der Waals surface area (Å²) in [5, 5.41) is 5.53. The fraction of sp³-hybridized carbons (Fsp3) is 0.312. The SMILES string of the molecule is CCCc1nc(C(=O)NCc2nc3cc(OC)ccc3o2)cs1. The third kappa shape index (κ3) is 3.50. The van der Waals surface area contributed by atoms with Gasteiger partial charge in [0.2, 0.25) is 5.89 Å². The molecule has 0 radical (unpaired) electrons. The molecule has 2 aromatic heterocycles. The molecule has 0 aliphatic rings. The van der Waals surface area contributed by atoms with Gasteiger partial charge in [0, 0.05) is 11.4 Å². The lowest BCUT2D eigenvalue weighted by molar-refractivity contribution is 0.0943. The van der Waals surface area contributed by atoms with Gasteiger partial charge in [-0.3, -0.25) is 4.79 Å². The molecule has 3 rings (SSSR count). The first-order valence-corrected chi connectivity index (χ1v) is 8.23. The van der Waals surface area contributed by atoms with Crippen LogP contribution in [-0.2, 0) is 13.0 Å². The Hall–Kier alpha value is -2.41. The van der Waals surface area contributed by atoms with Crippen LogP contribution in [0.1, 0.15) is 34.7 Å². The van der Waals surface area contributed by atoms with Crippen LogP contribution in [0.25, 0.3) is 11.1 Å². The first-order valence-electron chi connectivity index (χ1n) is 7.35. The number of fused-ring (bicyclic) bond motifs is 1. The molecule has 0 fully saturated rings. The minimum atomic E-state index is -0.219. The molecule has 23 heavy (non-hydrogen) atoms. The molecule has 0 bridgehead atoms. The summed E-state index contributed by atoms with van der Waals surface area (Å²) >= 11 is 1.51. The molecule has 1 amide bonds. The molecule has 0 saturated carbocycles. The van der Waals surface area contributed by atoms with Gasteiger partial charge >= 0.3 is 0 Å². The van der Waals surface area contributed by atoms with E-state index in [1.54, 1.807) is 30.7 Å². The highest BCUT2D eigenvalue weighted by Gasteiger charge is 2.12. The summed E-state index contributed by atoms with van der Waals surface area (Å²) in [7, 11) is 1.60. The Labute approximate surface area is 137 Å². The highest BCUT2D eigenvalue weighted by Crippen LogP contribution is 2.21. The number of benzene rings is 1. The number of methoxy groups -OCH3 is 1. The standard InChI is InChI=1S/C16H17N3O3S/c1-3-4-15-19-12(9-23-15)16(20)17-8-14-18-11-7-10(21-2)5-6-13(11)22-14/h5-7,9H,3-4,8H2,1-2H3,(H,17,20). The maximum absolute atomic E-state index is 12.1. The van der Waals surface area contributed by atoms with Crippen LogP contribution in [0, 0.1) is 0 Å². The molecule has 6 nitrogen and oxygen atoms in total. The molecular weight excluding hydrogens is 314 g/mol. The van der Waals surface area contributed by atoms with Crippen LogP contribution in [0.15, 0.2) is 28.0 Å². The number of carbonyl (C=O) groups is 1. The van der Waals surface area contributed by atoms with Crippen LogP contribution >= 0.6 is 11.3 Å². The number of rotatable bonds is 6. The smallest absolute Gasteiger partial charge is 0.271 e. The zero-order valence-corrected chi connectivity index (χ0v) is 13.8. The van der Waals surface area contributed by atoms with E-state index < -0.39 is 0 Å². The van der Waals surface area contributed by atoms with Crippen LogP contribution in [0.2, 0.25) is 0 Å². The van der Waals surface area contributed by atoms with E-state index in [0.29, 0.717) is 28.4 Å². The second-order valence-electron chi connectivity index (χ2n) is 5.00. The number of hydrogen-bond donors (Lipinski definition) is 1. The number of amides is 1. The molecular formula is C16H17N3O3S. The molecule has 0 aliphatic carbocycles. The molecule has 2 heterocycles. The summed E-state index contributed by atoms with van der Waals surface area (Å²) in [6, 6.07) is 5.39. The van der Waals surface area contributed by atoms with E-state index in [2.05, 4.69) is 22.2 Å². The molecule has 7 heteroatoms. The van der Waals surface area contributed by atoms with E-state index in [9.17, 15) is 4.79 Å². The van der Waals surface area contributed by atoms with Crippen LogP contribution < -0.4 is 10.1 Å². The number of aryl methyl sites for hydroxylation is 1. The average molecular weight is 331 g/mol. The van der Waals surface area contributed by atoms with Gasteiger partial charge in [0.1, 0.15) is 17.0 Å². The lowest BCUT2D eigenvalue weighted by atomic mass is 10.3. The largest absolute Gasteiger partial charge is 0.497 e. The van der Waals surface area contributed by atoms with Crippen molar-refractivity contribution in [1.82, 2.24) is 15.3 Å². The van der Waals surface area contributed by atoms with Crippen molar-refractivity contribution in [3.8, 4) is 5.75 Å². The van der Waals surface area contributed by atoms with Gasteiger partial charge < -0.3 is 14.5 Å². The van der Waals surface area contributed by atoms with Crippen molar-refractivity contribution in [3.63, 3.8) is 0 Å². The Morgan fingerprint density at radius 1 is 1.39 bits per heavy atom. The second kappa shape index (κ2) is 6.78. The van der Waals surface area contributed by atoms with Crippen molar-refractivity contribution in [1.29, 1.82) is 0 Å². The Morgan fingerprint density at radius 3 is 3.04 bits per heavy atom. The predicted octanol–water partition coefficient (Wildman–Crippen LogP) is 3.18. The summed E-state index contributed by atoms with van der Waals surface area (Å²) in [6.07, 6.45) is 1.91. The van der Waals surface area contributed by atoms with Crippen LogP contribution in [0.5, 0.6) is 5.75 Å². The Kier molecular flexibility index (Phi) is 4.57. The first kappa shape index (κ1) is 15.5. The number of carbonyl (C=O) groups excluding carboxylic acids is 1. The fourth-order valence-electron chi connectivity index (χ4n) is 2.15. The monoisotopic (exact) mass is 331 g/mol. The van der Waals surface area contributed by atoms with E-state index in [0.717, 1.165) is 17.8 Å². The van der Waals surface area contributed by atoms with Gasteiger partial charge in [0.25, 0.3) is 5.91 Å². The predicted molar refractivity (Wildman–Crippen MR) is 87.8 cm³/mol. The third-order valence-corrected chi connectivity index (χ3v) is 4.20. The van der Waals surface area contributed by atoms with Gasteiger partial charge in [-0.15, -0.1) is 11.3 Å². The number of oxazole rings is 1. The number of aromatic nitrogens is 2. The minimum Gasteiger partial charge on any atom is -0.497 e. The average Bonchev–Trinajstić information content (AvgIpc) is 3.18. The zero-order valence-electron chi connectivity index (χ0n) is 13.0. The number of thiazole rings is 1. The van der Waals surface area contributed by atoms with Crippen molar-refractivity contribution in [3.05, 3.63) is 40.2 Å². The summed E-state index contributed by atoms with van der Waals surface area (Å²) in [5.41, 5.74) is 1.80. The number of nitrogens with zero attached hydrogens (tertiary/aromatic N) is 2. The van der Waals surface area contributed by atoms with Crippen LogP contribution in [0.3, 0.4) is 0 Å². The van der Waals surface area contributed by atoms with Crippen molar-refractivity contribution in [2.24, 2.45) is 0 Å². The summed E-state index contributed by atoms with van der Waals surface area (Å²) in [5.74, 6) is 0.946. The molecule has 0 spiro atoms. The fourth-order valence-corrected chi connectivity index (χ4v) is 3.03. The van der Waals surface area contributed by atoms with Gasteiger partial charge in [-0.05, 0) is 25.0 Å². The lowest BCUT2D eigenvalue weighted by Crippen LogP contribution is -2.23. The summed E-state index contributed by atoms with van der Waals surface area (Å²) in [4.78, 5) is 20.8. The molecule has 120 valence electrons. The van der Waals surface area contributed by atoms with Gasteiger partial charge in [-0.2, -0.15) is 0 Å². The first-order chi connectivity index (χ1) is 11.2. The van der Waals surface area contributed by atoms with Gasteiger partial charge in [-0.1, -0.05) is 6.92 Å². The van der Waals surface area contributed by atoms with E-state index in [1.807, 2.05) is 0 Å². The van der Waals surface area contributed by atoms with Gasteiger partial charge in [0.05, 0.1) is 18.7 Å². The van der Waals surface area contributed by atoms with E-state index >= 15 is 0 Å². The molecule has 1 aromatic carbocycles. The molecule has 0 aliphatic heterocycles. The minimum absolute atomic E-state index is 0.219. The quantitative estimate of drug-likeness (QED) is 0.750. The zero-order chi connectivity index (χ0) is 16.2.